The fraction of sp³-hybridized carbons (Fsp3) is 0.0769. The monoisotopic (exact) mass is 213 g/mol. The highest BCUT2D eigenvalue weighted by atomic mass is 32.1. The van der Waals surface area contributed by atoms with E-state index in [0.29, 0.717) is 0 Å². The van der Waals surface area contributed by atoms with Crippen LogP contribution in [0, 0.1) is 0 Å². The molecule has 3 rings (SSSR count). The standard InChI is InChI=1S/C13H11NS/c15-14-12-7-3-1-5-10(12)9-11-6-2-4-8-13(11)14/h1-8,15H,9H2. The molecule has 0 spiro atoms. The maximum atomic E-state index is 4.55. The van der Waals surface area contributed by atoms with Crippen LogP contribution in [0.15, 0.2) is 48.5 Å². The van der Waals surface area contributed by atoms with E-state index in [0.717, 1.165) is 6.42 Å². The van der Waals surface area contributed by atoms with E-state index in [1.165, 1.54) is 22.5 Å². The first kappa shape index (κ1) is 8.86. The van der Waals surface area contributed by atoms with Crippen molar-refractivity contribution in [1.29, 1.82) is 0 Å². The van der Waals surface area contributed by atoms with Crippen LogP contribution in [0.4, 0.5) is 11.4 Å². The Morgan fingerprint density at radius 2 is 1.27 bits per heavy atom. The van der Waals surface area contributed by atoms with E-state index in [4.69, 9.17) is 0 Å². The predicted molar refractivity (Wildman–Crippen MR) is 66.8 cm³/mol. The second-order valence-electron chi connectivity index (χ2n) is 3.75. The molecular formula is C13H11NS. The van der Waals surface area contributed by atoms with E-state index in [9.17, 15) is 0 Å². The fourth-order valence-corrected chi connectivity index (χ4v) is 2.46. The van der Waals surface area contributed by atoms with Crippen molar-refractivity contribution < 1.29 is 0 Å². The summed E-state index contributed by atoms with van der Waals surface area (Å²) in [6.07, 6.45) is 1.00. The van der Waals surface area contributed by atoms with Crippen LogP contribution in [-0.2, 0) is 6.42 Å². The van der Waals surface area contributed by atoms with Crippen molar-refractivity contribution in [3.63, 3.8) is 0 Å². The van der Waals surface area contributed by atoms with Gasteiger partial charge in [0.25, 0.3) is 0 Å². The quantitative estimate of drug-likeness (QED) is 0.655. The lowest BCUT2D eigenvalue weighted by Gasteiger charge is -2.28. The molecule has 0 aromatic heterocycles. The SMILES string of the molecule is SN1c2ccccc2Cc2ccccc21. The Kier molecular flexibility index (Phi) is 1.96. The summed E-state index contributed by atoms with van der Waals surface area (Å²) in [6, 6.07) is 16.8. The van der Waals surface area contributed by atoms with Gasteiger partial charge in [0, 0.05) is 6.42 Å². The Hall–Kier alpha value is -1.41. The van der Waals surface area contributed by atoms with Crippen molar-refractivity contribution in [3.8, 4) is 0 Å². The summed E-state index contributed by atoms with van der Waals surface area (Å²) < 4.78 is 1.97. The summed E-state index contributed by atoms with van der Waals surface area (Å²) in [7, 11) is 0. The maximum Gasteiger partial charge on any atom is 0.0558 e. The lowest BCUT2D eigenvalue weighted by Crippen LogP contribution is -2.13. The molecule has 0 amide bonds. The minimum Gasteiger partial charge on any atom is -0.287 e. The Morgan fingerprint density at radius 1 is 0.800 bits per heavy atom. The molecule has 0 bridgehead atoms. The molecule has 0 aliphatic carbocycles. The first-order chi connectivity index (χ1) is 7.36. The van der Waals surface area contributed by atoms with E-state index in [2.05, 4.69) is 61.3 Å². The first-order valence-electron chi connectivity index (χ1n) is 5.01. The summed E-state index contributed by atoms with van der Waals surface area (Å²) in [5.41, 5.74) is 5.07. The topological polar surface area (TPSA) is 3.24 Å². The van der Waals surface area contributed by atoms with Gasteiger partial charge in [0.1, 0.15) is 0 Å². The minimum atomic E-state index is 1.00. The van der Waals surface area contributed by atoms with Gasteiger partial charge in [0.05, 0.1) is 11.4 Å². The number of rotatable bonds is 0. The van der Waals surface area contributed by atoms with Gasteiger partial charge in [0.2, 0.25) is 0 Å². The molecule has 1 nitrogen and oxygen atoms in total. The van der Waals surface area contributed by atoms with Gasteiger partial charge in [-0.15, -0.1) is 0 Å². The molecule has 74 valence electrons. The van der Waals surface area contributed by atoms with Crippen LogP contribution >= 0.6 is 12.8 Å². The molecule has 0 atom stereocenters. The van der Waals surface area contributed by atoms with E-state index < -0.39 is 0 Å². The van der Waals surface area contributed by atoms with Crippen molar-refractivity contribution in [3.05, 3.63) is 59.7 Å². The van der Waals surface area contributed by atoms with Crippen LogP contribution < -0.4 is 4.31 Å². The van der Waals surface area contributed by atoms with Crippen LogP contribution in [0.2, 0.25) is 0 Å². The van der Waals surface area contributed by atoms with E-state index in [1.807, 2.05) is 4.31 Å². The molecule has 1 heterocycles. The van der Waals surface area contributed by atoms with E-state index >= 15 is 0 Å². The summed E-state index contributed by atoms with van der Waals surface area (Å²) in [4.78, 5) is 0. The van der Waals surface area contributed by atoms with Gasteiger partial charge in [-0.1, -0.05) is 49.2 Å². The van der Waals surface area contributed by atoms with Crippen LogP contribution in [0.1, 0.15) is 11.1 Å². The molecule has 0 saturated carbocycles. The first-order valence-corrected chi connectivity index (χ1v) is 5.41. The van der Waals surface area contributed by atoms with Crippen molar-refractivity contribution in [1.82, 2.24) is 0 Å². The van der Waals surface area contributed by atoms with Crippen molar-refractivity contribution in [2.24, 2.45) is 0 Å². The highest BCUT2D eigenvalue weighted by Gasteiger charge is 2.18. The largest absolute Gasteiger partial charge is 0.287 e. The number of nitrogens with zero attached hydrogens (tertiary/aromatic N) is 1. The molecule has 1 aliphatic rings. The summed E-state index contributed by atoms with van der Waals surface area (Å²) >= 11 is 4.55. The van der Waals surface area contributed by atoms with Gasteiger partial charge in [0.15, 0.2) is 0 Å². The molecule has 0 unspecified atom stereocenters. The average molecular weight is 213 g/mol. The van der Waals surface area contributed by atoms with Gasteiger partial charge in [-0.2, -0.15) is 0 Å². The second kappa shape index (κ2) is 3.31. The van der Waals surface area contributed by atoms with Crippen LogP contribution in [-0.4, -0.2) is 0 Å². The molecule has 0 N–H and O–H groups in total. The van der Waals surface area contributed by atoms with Gasteiger partial charge in [-0.05, 0) is 23.3 Å². The van der Waals surface area contributed by atoms with E-state index in [1.54, 1.807) is 0 Å². The third-order valence-electron chi connectivity index (χ3n) is 2.82. The molecule has 2 heteroatoms. The maximum absolute atomic E-state index is 4.55. The fourth-order valence-electron chi connectivity index (χ4n) is 2.07. The summed E-state index contributed by atoms with van der Waals surface area (Å²) in [6.45, 7) is 0. The molecule has 0 fully saturated rings. The Morgan fingerprint density at radius 3 is 1.80 bits per heavy atom. The zero-order valence-corrected chi connectivity index (χ0v) is 9.11. The molecule has 15 heavy (non-hydrogen) atoms. The molecule has 1 aliphatic heterocycles. The average Bonchev–Trinajstić information content (AvgIpc) is 2.30. The second-order valence-corrected chi connectivity index (χ2v) is 4.15. The van der Waals surface area contributed by atoms with Crippen molar-refractivity contribution >= 4 is 24.2 Å². The number of fused-ring (bicyclic) bond motifs is 2. The van der Waals surface area contributed by atoms with E-state index in [-0.39, 0.29) is 0 Å². The van der Waals surface area contributed by atoms with Gasteiger partial charge in [-0.25, -0.2) is 0 Å². The zero-order chi connectivity index (χ0) is 10.3. The normalized spacial score (nSPS) is 13.3. The lowest BCUT2D eigenvalue weighted by atomic mass is 9.97. The number of benzene rings is 2. The lowest BCUT2D eigenvalue weighted by molar-refractivity contribution is 1.13. The third kappa shape index (κ3) is 1.33. The predicted octanol–water partition coefficient (Wildman–Crippen LogP) is 3.57. The molecular weight excluding hydrogens is 202 g/mol. The van der Waals surface area contributed by atoms with Crippen molar-refractivity contribution in [2.45, 2.75) is 6.42 Å². The number of para-hydroxylation sites is 2. The Bertz CT molecular complexity index is 462. The van der Waals surface area contributed by atoms with Crippen LogP contribution in [0.3, 0.4) is 0 Å². The molecule has 0 radical (unpaired) electrons. The smallest absolute Gasteiger partial charge is 0.0558 e. The van der Waals surface area contributed by atoms with Gasteiger partial charge >= 0.3 is 0 Å². The molecule has 2 aromatic carbocycles. The highest BCUT2D eigenvalue weighted by molar-refractivity contribution is 7.82. The van der Waals surface area contributed by atoms with Gasteiger partial charge < -0.3 is 0 Å². The van der Waals surface area contributed by atoms with Crippen LogP contribution in [0.5, 0.6) is 0 Å². The van der Waals surface area contributed by atoms with Crippen molar-refractivity contribution in [2.75, 3.05) is 4.31 Å². The Balaban J connectivity index is 2.20. The molecule has 0 saturated heterocycles. The van der Waals surface area contributed by atoms with Gasteiger partial charge in [-0.3, -0.25) is 4.31 Å². The van der Waals surface area contributed by atoms with Crippen LogP contribution in [0.25, 0.3) is 0 Å². The molecule has 2 aromatic rings. The number of hydrogen-bond acceptors (Lipinski definition) is 2. The Labute approximate surface area is 94.9 Å². The summed E-state index contributed by atoms with van der Waals surface area (Å²) in [5.74, 6) is 0. The minimum absolute atomic E-state index is 1.00. The highest BCUT2D eigenvalue weighted by Crippen LogP contribution is 2.39. The number of anilines is 2. The summed E-state index contributed by atoms with van der Waals surface area (Å²) in [5, 5.41) is 0. The number of hydrogen-bond donors (Lipinski definition) is 1. The zero-order valence-electron chi connectivity index (χ0n) is 8.22. The number of thiol groups is 1. The third-order valence-corrected chi connectivity index (χ3v) is 3.25.